The minimum Gasteiger partial charge on any atom is -0.393 e. The summed E-state index contributed by atoms with van der Waals surface area (Å²) in [6.07, 6.45) is 0.252. The van der Waals surface area contributed by atoms with E-state index in [2.05, 4.69) is 17.4 Å². The van der Waals surface area contributed by atoms with E-state index in [1.54, 1.807) is 18.7 Å². The van der Waals surface area contributed by atoms with Crippen LogP contribution in [-0.2, 0) is 10.5 Å². The fourth-order valence-electron chi connectivity index (χ4n) is 1.31. The van der Waals surface area contributed by atoms with Gasteiger partial charge in [-0.2, -0.15) is 0 Å². The molecule has 0 spiro atoms. The van der Waals surface area contributed by atoms with E-state index >= 15 is 0 Å². The average molecular weight is 253 g/mol. The second kappa shape index (κ2) is 8.14. The number of thioether (sulfide) groups is 1. The Kier molecular flexibility index (Phi) is 6.74. The van der Waals surface area contributed by atoms with E-state index in [0.717, 1.165) is 5.75 Å². The maximum atomic E-state index is 11.4. The molecule has 0 radical (unpaired) electrons. The monoisotopic (exact) mass is 253 g/mol. The van der Waals surface area contributed by atoms with Gasteiger partial charge in [-0.3, -0.25) is 4.79 Å². The van der Waals surface area contributed by atoms with Crippen molar-refractivity contribution in [2.75, 3.05) is 12.3 Å². The fourth-order valence-corrected chi connectivity index (χ4v) is 2.12. The number of carbonyl (C=O) groups is 1. The van der Waals surface area contributed by atoms with Gasteiger partial charge in [0.15, 0.2) is 0 Å². The molecule has 1 atom stereocenters. The first-order chi connectivity index (χ1) is 8.18. The van der Waals surface area contributed by atoms with Crippen molar-refractivity contribution in [1.82, 2.24) is 5.32 Å². The van der Waals surface area contributed by atoms with E-state index in [4.69, 9.17) is 5.11 Å². The summed E-state index contributed by atoms with van der Waals surface area (Å²) in [6, 6.07) is 10.1. The van der Waals surface area contributed by atoms with Crippen LogP contribution in [-0.4, -0.2) is 29.4 Å². The number of benzene rings is 1. The van der Waals surface area contributed by atoms with Gasteiger partial charge in [-0.25, -0.2) is 0 Å². The lowest BCUT2D eigenvalue weighted by Gasteiger charge is -2.06. The molecule has 3 nitrogen and oxygen atoms in total. The molecule has 1 aromatic rings. The summed E-state index contributed by atoms with van der Waals surface area (Å²) in [5.41, 5.74) is 1.23. The molecule has 94 valence electrons. The molecule has 0 aliphatic rings. The highest BCUT2D eigenvalue weighted by Crippen LogP contribution is 2.10. The summed E-state index contributed by atoms with van der Waals surface area (Å²) < 4.78 is 0. The molecule has 2 N–H and O–H groups in total. The molecule has 1 aromatic carbocycles. The van der Waals surface area contributed by atoms with Crippen LogP contribution in [0.2, 0.25) is 0 Å². The first kappa shape index (κ1) is 14.1. The second-order valence-electron chi connectivity index (χ2n) is 3.97. The predicted molar refractivity (Wildman–Crippen MR) is 71.9 cm³/mol. The zero-order chi connectivity index (χ0) is 12.5. The first-order valence-electron chi connectivity index (χ1n) is 5.75. The molecule has 1 amide bonds. The summed E-state index contributed by atoms with van der Waals surface area (Å²) in [5.74, 6) is 1.35. The normalized spacial score (nSPS) is 12.1. The van der Waals surface area contributed by atoms with Crippen molar-refractivity contribution < 1.29 is 9.90 Å². The van der Waals surface area contributed by atoms with Crippen molar-refractivity contribution in [2.45, 2.75) is 25.2 Å². The molecular formula is C13H19NO2S. The van der Waals surface area contributed by atoms with Crippen LogP contribution in [0.3, 0.4) is 0 Å². The highest BCUT2D eigenvalue weighted by molar-refractivity contribution is 7.99. The SMILES string of the molecule is CC(O)CCNC(=O)CSCc1ccccc1. The van der Waals surface area contributed by atoms with Crippen molar-refractivity contribution in [1.29, 1.82) is 0 Å². The molecule has 17 heavy (non-hydrogen) atoms. The van der Waals surface area contributed by atoms with E-state index < -0.39 is 0 Å². The van der Waals surface area contributed by atoms with Crippen LogP contribution in [0.15, 0.2) is 30.3 Å². The standard InChI is InChI=1S/C13H19NO2S/c1-11(15)7-8-14-13(16)10-17-9-12-5-3-2-4-6-12/h2-6,11,15H,7-10H2,1H3,(H,14,16). The molecule has 1 rings (SSSR count). The Bertz CT molecular complexity index is 327. The average Bonchev–Trinajstić information content (AvgIpc) is 2.30. The predicted octanol–water partition coefficient (Wildman–Crippen LogP) is 1.81. The number of hydrogen-bond donors (Lipinski definition) is 2. The number of aliphatic hydroxyl groups excluding tert-OH is 1. The number of amides is 1. The van der Waals surface area contributed by atoms with Gasteiger partial charge in [0.1, 0.15) is 0 Å². The van der Waals surface area contributed by atoms with Crippen molar-refractivity contribution >= 4 is 17.7 Å². The lowest BCUT2D eigenvalue weighted by Crippen LogP contribution is -2.28. The number of rotatable bonds is 7. The minimum atomic E-state index is -0.354. The van der Waals surface area contributed by atoms with Gasteiger partial charge in [-0.1, -0.05) is 30.3 Å². The molecule has 0 fully saturated rings. The van der Waals surface area contributed by atoms with E-state index in [9.17, 15) is 4.79 Å². The van der Waals surface area contributed by atoms with Crippen LogP contribution in [0.1, 0.15) is 18.9 Å². The Balaban J connectivity index is 2.08. The van der Waals surface area contributed by atoms with Crippen molar-refractivity contribution in [3.8, 4) is 0 Å². The van der Waals surface area contributed by atoms with Gasteiger partial charge in [0.05, 0.1) is 11.9 Å². The first-order valence-corrected chi connectivity index (χ1v) is 6.90. The molecule has 0 aliphatic heterocycles. The second-order valence-corrected chi connectivity index (χ2v) is 4.95. The molecule has 0 heterocycles. The molecule has 0 bridgehead atoms. The van der Waals surface area contributed by atoms with Gasteiger partial charge in [-0.15, -0.1) is 11.8 Å². The van der Waals surface area contributed by atoms with Crippen LogP contribution in [0, 0.1) is 0 Å². The fraction of sp³-hybridized carbons (Fsp3) is 0.462. The third-order valence-corrected chi connectivity index (χ3v) is 3.23. The van der Waals surface area contributed by atoms with Gasteiger partial charge in [0, 0.05) is 12.3 Å². The summed E-state index contributed by atoms with van der Waals surface area (Å²) in [4.78, 5) is 11.4. The maximum absolute atomic E-state index is 11.4. The highest BCUT2D eigenvalue weighted by atomic mass is 32.2. The minimum absolute atomic E-state index is 0.0339. The molecule has 0 saturated heterocycles. The third-order valence-electron chi connectivity index (χ3n) is 2.23. The molecular weight excluding hydrogens is 234 g/mol. The van der Waals surface area contributed by atoms with Crippen LogP contribution < -0.4 is 5.32 Å². The smallest absolute Gasteiger partial charge is 0.230 e. The van der Waals surface area contributed by atoms with Crippen molar-refractivity contribution in [2.24, 2.45) is 0 Å². The molecule has 1 unspecified atom stereocenters. The van der Waals surface area contributed by atoms with E-state index in [0.29, 0.717) is 18.7 Å². The zero-order valence-corrected chi connectivity index (χ0v) is 10.9. The Hall–Kier alpha value is -1.00. The topological polar surface area (TPSA) is 49.3 Å². The van der Waals surface area contributed by atoms with E-state index in [1.807, 2.05) is 18.2 Å². The van der Waals surface area contributed by atoms with Crippen molar-refractivity contribution in [3.05, 3.63) is 35.9 Å². The van der Waals surface area contributed by atoms with Gasteiger partial charge < -0.3 is 10.4 Å². The van der Waals surface area contributed by atoms with Crippen LogP contribution in [0.5, 0.6) is 0 Å². The summed E-state index contributed by atoms with van der Waals surface area (Å²) >= 11 is 1.60. The molecule has 0 aliphatic carbocycles. The van der Waals surface area contributed by atoms with Gasteiger partial charge in [0.2, 0.25) is 5.91 Å². The number of nitrogens with one attached hydrogen (secondary N) is 1. The van der Waals surface area contributed by atoms with Gasteiger partial charge in [-0.05, 0) is 18.9 Å². The maximum Gasteiger partial charge on any atom is 0.230 e. The number of aliphatic hydroxyl groups is 1. The number of hydrogen-bond acceptors (Lipinski definition) is 3. The third kappa shape index (κ3) is 7.02. The molecule has 0 aromatic heterocycles. The lowest BCUT2D eigenvalue weighted by atomic mass is 10.2. The Labute approximate surface area is 107 Å². The Morgan fingerprint density at radius 2 is 2.12 bits per heavy atom. The van der Waals surface area contributed by atoms with Crippen LogP contribution in [0.25, 0.3) is 0 Å². The van der Waals surface area contributed by atoms with Gasteiger partial charge in [0.25, 0.3) is 0 Å². The van der Waals surface area contributed by atoms with Crippen molar-refractivity contribution in [3.63, 3.8) is 0 Å². The molecule has 0 saturated carbocycles. The summed E-state index contributed by atoms with van der Waals surface area (Å²) in [6.45, 7) is 2.26. The van der Waals surface area contributed by atoms with E-state index in [-0.39, 0.29) is 12.0 Å². The highest BCUT2D eigenvalue weighted by Gasteiger charge is 2.02. The Morgan fingerprint density at radius 3 is 2.76 bits per heavy atom. The summed E-state index contributed by atoms with van der Waals surface area (Å²) in [7, 11) is 0. The zero-order valence-electron chi connectivity index (χ0n) is 10.1. The van der Waals surface area contributed by atoms with Crippen LogP contribution >= 0.6 is 11.8 Å². The van der Waals surface area contributed by atoms with E-state index in [1.165, 1.54) is 5.56 Å². The Morgan fingerprint density at radius 1 is 1.41 bits per heavy atom. The lowest BCUT2D eigenvalue weighted by molar-refractivity contribution is -0.118. The number of carbonyl (C=O) groups excluding carboxylic acids is 1. The molecule has 4 heteroatoms. The summed E-state index contributed by atoms with van der Waals surface area (Å²) in [5, 5.41) is 11.8. The van der Waals surface area contributed by atoms with Crippen LogP contribution in [0.4, 0.5) is 0 Å². The largest absolute Gasteiger partial charge is 0.393 e. The quantitative estimate of drug-likeness (QED) is 0.779. The van der Waals surface area contributed by atoms with Gasteiger partial charge >= 0.3 is 0 Å².